The van der Waals surface area contributed by atoms with E-state index in [4.69, 9.17) is 21.7 Å². The summed E-state index contributed by atoms with van der Waals surface area (Å²) in [7, 11) is 0. The molecule has 0 atom stereocenters. The lowest BCUT2D eigenvalue weighted by molar-refractivity contribution is -0.123. The third-order valence-corrected chi connectivity index (χ3v) is 4.72. The normalized spacial score (nSPS) is 10.4. The molecule has 7 nitrogen and oxygen atoms in total. The topological polar surface area (TPSA) is 88.7 Å². The summed E-state index contributed by atoms with van der Waals surface area (Å²) < 4.78 is 11.2. The highest BCUT2D eigenvalue weighted by Gasteiger charge is 2.11. The Balaban J connectivity index is 1.77. The average molecular weight is 444 g/mol. The van der Waals surface area contributed by atoms with Crippen LogP contribution in [0.2, 0.25) is 0 Å². The monoisotopic (exact) mass is 443 g/mol. The van der Waals surface area contributed by atoms with Gasteiger partial charge in [-0.15, -0.1) is 0 Å². The van der Waals surface area contributed by atoms with Crippen LogP contribution in [0, 0.1) is 19.8 Å². The average Bonchev–Trinajstić information content (AvgIpc) is 2.73. The molecule has 0 aliphatic carbocycles. The van der Waals surface area contributed by atoms with Crippen molar-refractivity contribution >= 4 is 29.1 Å². The second-order valence-electron chi connectivity index (χ2n) is 7.50. The number of aryl methyl sites for hydroxylation is 1. The number of carbonyl (C=O) groups excluding carboxylic acids is 2. The van der Waals surface area contributed by atoms with E-state index in [1.54, 1.807) is 30.3 Å². The fourth-order valence-electron chi connectivity index (χ4n) is 2.53. The van der Waals surface area contributed by atoms with Gasteiger partial charge < -0.3 is 9.47 Å². The first kappa shape index (κ1) is 24.1. The van der Waals surface area contributed by atoms with Crippen molar-refractivity contribution in [2.75, 3.05) is 13.2 Å². The van der Waals surface area contributed by atoms with Gasteiger partial charge in [0, 0.05) is 5.56 Å². The SMILES string of the molecule is Cc1cccc(OCC(=O)NNC(=S)NC(=O)c2cccc(OCCC(C)C)c2)c1C. The number of benzene rings is 2. The van der Waals surface area contributed by atoms with Crippen molar-refractivity contribution in [1.82, 2.24) is 16.2 Å². The smallest absolute Gasteiger partial charge is 0.276 e. The molecule has 2 aromatic carbocycles. The van der Waals surface area contributed by atoms with Crippen molar-refractivity contribution in [1.29, 1.82) is 0 Å². The van der Waals surface area contributed by atoms with Crippen LogP contribution in [0.15, 0.2) is 42.5 Å². The van der Waals surface area contributed by atoms with Crippen molar-refractivity contribution in [3.8, 4) is 11.5 Å². The van der Waals surface area contributed by atoms with Crippen molar-refractivity contribution in [3.05, 3.63) is 59.2 Å². The molecule has 0 spiro atoms. The van der Waals surface area contributed by atoms with Gasteiger partial charge in [-0.25, -0.2) is 0 Å². The Morgan fingerprint density at radius 3 is 2.52 bits per heavy atom. The molecule has 0 fully saturated rings. The van der Waals surface area contributed by atoms with Gasteiger partial charge in [-0.3, -0.25) is 25.8 Å². The number of hydrogen-bond acceptors (Lipinski definition) is 5. The van der Waals surface area contributed by atoms with Gasteiger partial charge in [0.1, 0.15) is 11.5 Å². The van der Waals surface area contributed by atoms with Gasteiger partial charge in [0.2, 0.25) is 0 Å². The van der Waals surface area contributed by atoms with Gasteiger partial charge in [-0.1, -0.05) is 32.0 Å². The van der Waals surface area contributed by atoms with Crippen LogP contribution in [0.5, 0.6) is 11.5 Å². The molecule has 2 amide bonds. The van der Waals surface area contributed by atoms with Crippen LogP contribution in [0.25, 0.3) is 0 Å². The Bertz CT molecular complexity index is 931. The maximum Gasteiger partial charge on any atom is 0.276 e. The van der Waals surface area contributed by atoms with Crippen molar-refractivity contribution in [3.63, 3.8) is 0 Å². The predicted octanol–water partition coefficient (Wildman–Crippen LogP) is 3.44. The van der Waals surface area contributed by atoms with Crippen LogP contribution in [0.4, 0.5) is 0 Å². The van der Waals surface area contributed by atoms with E-state index in [9.17, 15) is 9.59 Å². The Kier molecular flexibility index (Phi) is 9.27. The van der Waals surface area contributed by atoms with E-state index in [0.29, 0.717) is 29.6 Å². The summed E-state index contributed by atoms with van der Waals surface area (Å²) in [5.41, 5.74) is 7.34. The Morgan fingerprint density at radius 1 is 1.03 bits per heavy atom. The summed E-state index contributed by atoms with van der Waals surface area (Å²) in [6.07, 6.45) is 0.928. The molecular formula is C23H29N3O4S. The molecule has 0 saturated carbocycles. The Morgan fingerprint density at radius 2 is 1.77 bits per heavy atom. The molecule has 0 aromatic heterocycles. The zero-order valence-corrected chi connectivity index (χ0v) is 19.1. The molecule has 0 unspecified atom stereocenters. The van der Waals surface area contributed by atoms with Crippen LogP contribution in [0.1, 0.15) is 41.8 Å². The highest BCUT2D eigenvalue weighted by atomic mass is 32.1. The molecule has 0 saturated heterocycles. The lowest BCUT2D eigenvalue weighted by atomic mass is 10.1. The van der Waals surface area contributed by atoms with Gasteiger partial charge in [-0.2, -0.15) is 0 Å². The van der Waals surface area contributed by atoms with E-state index in [0.717, 1.165) is 17.5 Å². The van der Waals surface area contributed by atoms with Crippen molar-refractivity contribution in [2.45, 2.75) is 34.1 Å². The zero-order chi connectivity index (χ0) is 22.8. The minimum absolute atomic E-state index is 0.0313. The summed E-state index contributed by atoms with van der Waals surface area (Å²) in [6, 6.07) is 12.5. The highest BCUT2D eigenvalue weighted by molar-refractivity contribution is 7.80. The first-order chi connectivity index (χ1) is 14.8. The summed E-state index contributed by atoms with van der Waals surface area (Å²) >= 11 is 5.07. The van der Waals surface area contributed by atoms with Gasteiger partial charge in [0.25, 0.3) is 11.8 Å². The van der Waals surface area contributed by atoms with Gasteiger partial charge in [-0.05, 0) is 73.8 Å². The second kappa shape index (κ2) is 11.9. The number of rotatable bonds is 8. The summed E-state index contributed by atoms with van der Waals surface area (Å²) in [5, 5.41) is 2.48. The number of ether oxygens (including phenoxy) is 2. The highest BCUT2D eigenvalue weighted by Crippen LogP contribution is 2.20. The molecule has 0 heterocycles. The Labute approximate surface area is 188 Å². The van der Waals surface area contributed by atoms with Gasteiger partial charge in [0.15, 0.2) is 11.7 Å². The van der Waals surface area contributed by atoms with E-state index >= 15 is 0 Å². The summed E-state index contributed by atoms with van der Waals surface area (Å²) in [5.74, 6) is 0.952. The summed E-state index contributed by atoms with van der Waals surface area (Å²) in [4.78, 5) is 24.4. The predicted molar refractivity (Wildman–Crippen MR) is 124 cm³/mol. The maximum atomic E-state index is 12.4. The van der Waals surface area contributed by atoms with Gasteiger partial charge >= 0.3 is 0 Å². The first-order valence-electron chi connectivity index (χ1n) is 10.1. The Hall–Kier alpha value is -3.13. The molecule has 166 valence electrons. The van der Waals surface area contributed by atoms with Crippen LogP contribution < -0.4 is 25.6 Å². The van der Waals surface area contributed by atoms with Crippen LogP contribution in [-0.4, -0.2) is 30.1 Å². The molecule has 2 aromatic rings. The number of thiocarbonyl (C=S) groups is 1. The number of hydrogen-bond donors (Lipinski definition) is 3. The zero-order valence-electron chi connectivity index (χ0n) is 18.3. The van der Waals surface area contributed by atoms with E-state index < -0.39 is 11.8 Å². The minimum Gasteiger partial charge on any atom is -0.494 e. The summed E-state index contributed by atoms with van der Waals surface area (Å²) in [6.45, 7) is 8.53. The molecule has 0 aliphatic rings. The van der Waals surface area contributed by atoms with Gasteiger partial charge in [0.05, 0.1) is 6.61 Å². The maximum absolute atomic E-state index is 12.4. The third kappa shape index (κ3) is 8.25. The molecule has 0 bridgehead atoms. The molecule has 0 radical (unpaired) electrons. The molecule has 3 N–H and O–H groups in total. The second-order valence-corrected chi connectivity index (χ2v) is 7.91. The standard InChI is InChI=1S/C23H29N3O4S/c1-15(2)11-12-29-19-9-6-8-18(13-19)22(28)24-23(31)26-25-21(27)14-30-20-10-5-7-16(3)17(20)4/h5-10,13,15H,11-12,14H2,1-4H3,(H,25,27)(H2,24,26,28,31). The minimum atomic E-state index is -0.432. The largest absolute Gasteiger partial charge is 0.494 e. The first-order valence-corrected chi connectivity index (χ1v) is 10.5. The fraction of sp³-hybridized carbons (Fsp3) is 0.348. The third-order valence-electron chi connectivity index (χ3n) is 4.52. The van der Waals surface area contributed by atoms with Crippen LogP contribution >= 0.6 is 12.2 Å². The van der Waals surface area contributed by atoms with E-state index in [1.807, 2.05) is 26.0 Å². The lowest BCUT2D eigenvalue weighted by Crippen LogP contribution is -2.49. The molecule has 8 heteroatoms. The quantitative estimate of drug-likeness (QED) is 0.428. The van der Waals surface area contributed by atoms with E-state index in [2.05, 4.69) is 30.0 Å². The number of nitrogens with one attached hydrogen (secondary N) is 3. The van der Waals surface area contributed by atoms with Crippen molar-refractivity contribution in [2.24, 2.45) is 5.92 Å². The van der Waals surface area contributed by atoms with Crippen LogP contribution in [-0.2, 0) is 4.79 Å². The molecular weight excluding hydrogens is 414 g/mol. The van der Waals surface area contributed by atoms with Crippen molar-refractivity contribution < 1.29 is 19.1 Å². The number of hydrazine groups is 1. The van der Waals surface area contributed by atoms with E-state index in [-0.39, 0.29) is 11.7 Å². The molecule has 2 rings (SSSR count). The van der Waals surface area contributed by atoms with E-state index in [1.165, 1.54) is 0 Å². The molecule has 0 aliphatic heterocycles. The number of amides is 2. The lowest BCUT2D eigenvalue weighted by Gasteiger charge is -2.13. The molecule has 31 heavy (non-hydrogen) atoms. The fourth-order valence-corrected chi connectivity index (χ4v) is 2.68. The van der Waals surface area contributed by atoms with Crippen LogP contribution in [0.3, 0.4) is 0 Å². The number of carbonyl (C=O) groups is 2.